The second kappa shape index (κ2) is 12.3. The van der Waals surface area contributed by atoms with E-state index in [1.807, 2.05) is 47.6 Å². The van der Waals surface area contributed by atoms with Crippen LogP contribution in [0.4, 0.5) is 4.79 Å². The van der Waals surface area contributed by atoms with Gasteiger partial charge in [-0.15, -0.1) is 24.0 Å². The molecule has 0 aliphatic carbocycles. The molecule has 1 rings (SSSR count). The van der Waals surface area contributed by atoms with E-state index in [0.29, 0.717) is 37.9 Å². The van der Waals surface area contributed by atoms with E-state index in [1.165, 1.54) is 0 Å². The Kier molecular flexibility index (Phi) is 11.6. The second-order valence-electron chi connectivity index (χ2n) is 7.87. The Labute approximate surface area is 191 Å². The number of likely N-dealkylation sites (N-methyl/N-ethyl adjacent to an activating group) is 1. The van der Waals surface area contributed by atoms with Gasteiger partial charge in [-0.1, -0.05) is 0 Å². The molecule has 1 aromatic heterocycles. The Bertz CT molecular complexity index is 653. The normalized spacial score (nSPS) is 13.9. The van der Waals surface area contributed by atoms with Gasteiger partial charge in [-0.2, -0.15) is 0 Å². The molecule has 1 unspecified atom stereocenters. The lowest BCUT2D eigenvalue weighted by molar-refractivity contribution is 0.0264. The maximum atomic E-state index is 12.2. The molecule has 168 valence electrons. The lowest BCUT2D eigenvalue weighted by Crippen LogP contribution is -2.44. The van der Waals surface area contributed by atoms with Gasteiger partial charge in [0.25, 0.3) is 0 Å². The first-order valence-corrected chi connectivity index (χ1v) is 9.78. The molecule has 0 saturated heterocycles. The number of guanidine groups is 1. The van der Waals surface area contributed by atoms with Crippen molar-refractivity contribution < 1.29 is 19.1 Å². The first kappa shape index (κ1) is 27.5. The van der Waals surface area contributed by atoms with Crippen LogP contribution in [0.1, 0.15) is 53.1 Å². The van der Waals surface area contributed by atoms with Gasteiger partial charge in [0.1, 0.15) is 22.7 Å². The van der Waals surface area contributed by atoms with Crippen LogP contribution in [0.25, 0.3) is 0 Å². The first-order valence-electron chi connectivity index (χ1n) is 9.78. The van der Waals surface area contributed by atoms with Crippen molar-refractivity contribution in [1.29, 1.82) is 0 Å². The highest BCUT2D eigenvalue weighted by Crippen LogP contribution is 2.23. The van der Waals surface area contributed by atoms with Crippen molar-refractivity contribution in [2.24, 2.45) is 4.99 Å². The molecule has 0 aliphatic rings. The Balaban J connectivity index is 0.00000784. The summed E-state index contributed by atoms with van der Waals surface area (Å²) in [7, 11) is 0. The van der Waals surface area contributed by atoms with Crippen LogP contribution in [0.2, 0.25) is 0 Å². The molecule has 9 heteroatoms. The number of amides is 1. The van der Waals surface area contributed by atoms with Crippen molar-refractivity contribution in [3.63, 3.8) is 0 Å². The molecule has 0 bridgehead atoms. The number of nitrogens with zero attached hydrogens (tertiary/aromatic N) is 2. The fraction of sp³-hybridized carbons (Fsp3) is 0.700. The summed E-state index contributed by atoms with van der Waals surface area (Å²) in [6.45, 7) is 15.3. The highest BCUT2D eigenvalue weighted by molar-refractivity contribution is 14.0. The summed E-state index contributed by atoms with van der Waals surface area (Å²) in [5, 5.41) is 16.9. The SMILES string of the molecule is CCNC(=NCC(C)(O)c1ccc(C)o1)NCCN(CC)C(=O)OC(C)(C)C.I. The van der Waals surface area contributed by atoms with Gasteiger partial charge in [0, 0.05) is 26.2 Å². The van der Waals surface area contributed by atoms with Crippen molar-refractivity contribution in [2.45, 2.75) is 59.7 Å². The number of nitrogens with one attached hydrogen (secondary N) is 2. The van der Waals surface area contributed by atoms with Gasteiger partial charge in [0.05, 0.1) is 6.54 Å². The van der Waals surface area contributed by atoms with Gasteiger partial charge < -0.3 is 29.8 Å². The molecule has 1 amide bonds. The number of aryl methyl sites for hydroxylation is 1. The van der Waals surface area contributed by atoms with Crippen molar-refractivity contribution in [2.75, 3.05) is 32.7 Å². The summed E-state index contributed by atoms with van der Waals surface area (Å²) < 4.78 is 10.9. The quantitative estimate of drug-likeness (QED) is 0.275. The number of hydrogen-bond acceptors (Lipinski definition) is 5. The monoisotopic (exact) mass is 524 g/mol. The number of hydrogen-bond donors (Lipinski definition) is 3. The summed E-state index contributed by atoms with van der Waals surface area (Å²) in [6, 6.07) is 3.57. The van der Waals surface area contributed by atoms with E-state index in [1.54, 1.807) is 17.9 Å². The van der Waals surface area contributed by atoms with Gasteiger partial charge in [0.2, 0.25) is 0 Å². The third-order valence-corrected chi connectivity index (χ3v) is 3.87. The molecular formula is C20H37IN4O4. The minimum atomic E-state index is -1.21. The van der Waals surface area contributed by atoms with Crippen LogP contribution in [0.5, 0.6) is 0 Å². The Morgan fingerprint density at radius 2 is 1.90 bits per heavy atom. The van der Waals surface area contributed by atoms with E-state index in [-0.39, 0.29) is 36.6 Å². The molecule has 29 heavy (non-hydrogen) atoms. The molecule has 0 aromatic carbocycles. The Morgan fingerprint density at radius 3 is 2.38 bits per heavy atom. The third-order valence-electron chi connectivity index (χ3n) is 3.87. The number of ether oxygens (including phenoxy) is 1. The fourth-order valence-electron chi connectivity index (χ4n) is 2.39. The summed E-state index contributed by atoms with van der Waals surface area (Å²) in [4.78, 5) is 18.3. The molecule has 3 N–H and O–H groups in total. The maximum absolute atomic E-state index is 12.2. The average Bonchev–Trinajstić information content (AvgIpc) is 3.02. The molecule has 0 aliphatic heterocycles. The van der Waals surface area contributed by atoms with Crippen molar-refractivity contribution in [3.05, 3.63) is 23.7 Å². The van der Waals surface area contributed by atoms with Gasteiger partial charge in [-0.3, -0.25) is 0 Å². The molecule has 0 radical (unpaired) electrons. The lowest BCUT2D eigenvalue weighted by atomic mass is 10.0. The van der Waals surface area contributed by atoms with E-state index in [4.69, 9.17) is 9.15 Å². The van der Waals surface area contributed by atoms with Crippen molar-refractivity contribution in [1.82, 2.24) is 15.5 Å². The fourth-order valence-corrected chi connectivity index (χ4v) is 2.39. The van der Waals surface area contributed by atoms with E-state index in [9.17, 15) is 9.90 Å². The zero-order chi connectivity index (χ0) is 21.4. The van der Waals surface area contributed by atoms with Crippen LogP contribution in [0.3, 0.4) is 0 Å². The topological polar surface area (TPSA) is 99.3 Å². The number of halogens is 1. The number of carbonyl (C=O) groups excluding carboxylic acids is 1. The second-order valence-corrected chi connectivity index (χ2v) is 7.87. The molecule has 1 atom stereocenters. The zero-order valence-electron chi connectivity index (χ0n) is 18.7. The number of carbonyl (C=O) groups is 1. The molecular weight excluding hydrogens is 487 g/mol. The molecule has 1 heterocycles. The van der Waals surface area contributed by atoms with Crippen LogP contribution in [0.15, 0.2) is 21.5 Å². The minimum Gasteiger partial charge on any atom is -0.463 e. The van der Waals surface area contributed by atoms with Crippen LogP contribution in [0, 0.1) is 6.92 Å². The molecule has 8 nitrogen and oxygen atoms in total. The predicted octanol–water partition coefficient (Wildman–Crippen LogP) is 3.23. The summed E-state index contributed by atoms with van der Waals surface area (Å²) in [5.74, 6) is 1.78. The first-order chi connectivity index (χ1) is 13.0. The summed E-state index contributed by atoms with van der Waals surface area (Å²) >= 11 is 0. The Morgan fingerprint density at radius 1 is 1.24 bits per heavy atom. The van der Waals surface area contributed by atoms with Crippen LogP contribution < -0.4 is 10.6 Å². The summed E-state index contributed by atoms with van der Waals surface area (Å²) in [5.41, 5.74) is -1.73. The van der Waals surface area contributed by atoms with Crippen LogP contribution >= 0.6 is 24.0 Å². The highest BCUT2D eigenvalue weighted by Gasteiger charge is 2.27. The Hall–Kier alpha value is -1.49. The standard InChI is InChI=1S/C20H36N4O4.HI/c1-8-21-17(23-14-20(7,26)16-11-10-15(3)27-16)22-12-13-24(9-2)18(25)28-19(4,5)6;/h10-11,26H,8-9,12-14H2,1-7H3,(H2,21,22,23);1H. The van der Waals surface area contributed by atoms with Gasteiger partial charge in [-0.25, -0.2) is 9.79 Å². The molecule has 1 aromatic rings. The number of rotatable bonds is 8. The van der Waals surface area contributed by atoms with Gasteiger partial charge >= 0.3 is 6.09 Å². The number of aliphatic hydroxyl groups is 1. The molecule has 0 saturated carbocycles. The highest BCUT2D eigenvalue weighted by atomic mass is 127. The number of aliphatic imine (C=N–C) groups is 1. The van der Waals surface area contributed by atoms with Crippen molar-refractivity contribution in [3.8, 4) is 0 Å². The van der Waals surface area contributed by atoms with Crippen LogP contribution in [-0.2, 0) is 10.3 Å². The third kappa shape index (κ3) is 10.2. The van der Waals surface area contributed by atoms with E-state index in [0.717, 1.165) is 5.76 Å². The molecule has 0 fully saturated rings. The predicted molar refractivity (Wildman–Crippen MR) is 126 cm³/mol. The van der Waals surface area contributed by atoms with E-state index < -0.39 is 11.2 Å². The lowest BCUT2D eigenvalue weighted by Gasteiger charge is -2.27. The van der Waals surface area contributed by atoms with E-state index >= 15 is 0 Å². The largest absolute Gasteiger partial charge is 0.463 e. The average molecular weight is 524 g/mol. The van der Waals surface area contributed by atoms with Crippen molar-refractivity contribution >= 4 is 36.0 Å². The number of furan rings is 1. The molecule has 0 spiro atoms. The van der Waals surface area contributed by atoms with Crippen LogP contribution in [-0.4, -0.2) is 60.4 Å². The van der Waals surface area contributed by atoms with Gasteiger partial charge in [0.15, 0.2) is 5.96 Å². The maximum Gasteiger partial charge on any atom is 0.410 e. The van der Waals surface area contributed by atoms with Gasteiger partial charge in [-0.05, 0) is 60.6 Å². The summed E-state index contributed by atoms with van der Waals surface area (Å²) in [6.07, 6.45) is -0.338. The van der Waals surface area contributed by atoms with E-state index in [2.05, 4.69) is 15.6 Å². The smallest absolute Gasteiger partial charge is 0.410 e. The zero-order valence-corrected chi connectivity index (χ0v) is 21.0. The minimum absolute atomic E-state index is 0.